The second-order valence-corrected chi connectivity index (χ2v) is 7.04. The molecule has 2 saturated carbocycles. The molecule has 4 nitrogen and oxygen atoms in total. The summed E-state index contributed by atoms with van der Waals surface area (Å²) in [4.78, 5) is 23.3. The molecule has 0 aromatic heterocycles. The van der Waals surface area contributed by atoms with Crippen molar-refractivity contribution in [3.8, 4) is 0 Å². The number of hydrogen-bond acceptors (Lipinski definition) is 3. The number of nitrogens with one attached hydrogen (secondary N) is 1. The van der Waals surface area contributed by atoms with Gasteiger partial charge in [0.2, 0.25) is 5.91 Å². The minimum absolute atomic E-state index is 0.0207. The monoisotopic (exact) mass is 281 g/mol. The molecule has 20 heavy (non-hydrogen) atoms. The molecule has 2 rings (SSSR count). The third-order valence-electron chi connectivity index (χ3n) is 5.99. The number of rotatable bonds is 5. The first-order chi connectivity index (χ1) is 9.31. The molecule has 0 aromatic carbocycles. The number of esters is 1. The first-order valence-corrected chi connectivity index (χ1v) is 7.76. The molecule has 3 unspecified atom stereocenters. The Morgan fingerprint density at radius 1 is 1.25 bits per heavy atom. The Balaban J connectivity index is 1.86. The summed E-state index contributed by atoms with van der Waals surface area (Å²) < 4.78 is 4.85. The predicted octanol–water partition coefficient (Wildman–Crippen LogP) is 2.66. The smallest absolute Gasteiger partial charge is 0.306 e. The Kier molecular flexibility index (Phi) is 4.12. The summed E-state index contributed by atoms with van der Waals surface area (Å²) in [6.45, 7) is 9.11. The lowest BCUT2D eigenvalue weighted by Crippen LogP contribution is -2.46. The summed E-state index contributed by atoms with van der Waals surface area (Å²) in [7, 11) is 0. The van der Waals surface area contributed by atoms with Crippen LogP contribution in [0, 0.1) is 16.7 Å². The van der Waals surface area contributed by atoms with Gasteiger partial charge in [-0.3, -0.25) is 9.59 Å². The SMILES string of the molecule is CCOC(=O)CCC(=O)NC1CC2CCC1(C)C2(C)C. The molecule has 2 aliphatic carbocycles. The van der Waals surface area contributed by atoms with Gasteiger partial charge in [-0.25, -0.2) is 0 Å². The largest absolute Gasteiger partial charge is 0.466 e. The van der Waals surface area contributed by atoms with Crippen LogP contribution in [0.15, 0.2) is 0 Å². The molecule has 114 valence electrons. The zero-order valence-corrected chi connectivity index (χ0v) is 13.1. The molecule has 3 atom stereocenters. The number of amides is 1. The van der Waals surface area contributed by atoms with E-state index in [-0.39, 0.29) is 36.2 Å². The molecule has 4 heteroatoms. The maximum atomic E-state index is 12.0. The van der Waals surface area contributed by atoms with Gasteiger partial charge in [0.15, 0.2) is 0 Å². The Morgan fingerprint density at radius 2 is 1.95 bits per heavy atom. The van der Waals surface area contributed by atoms with Crippen LogP contribution in [0.3, 0.4) is 0 Å². The molecule has 0 spiro atoms. The summed E-state index contributed by atoms with van der Waals surface area (Å²) in [5.74, 6) is 0.401. The Bertz CT molecular complexity index is 405. The third-order valence-corrected chi connectivity index (χ3v) is 5.99. The lowest BCUT2D eigenvalue weighted by atomic mass is 9.69. The summed E-state index contributed by atoms with van der Waals surface area (Å²) in [5, 5.41) is 3.16. The number of carbonyl (C=O) groups excluding carboxylic acids is 2. The van der Waals surface area contributed by atoms with Gasteiger partial charge in [-0.2, -0.15) is 0 Å². The van der Waals surface area contributed by atoms with Gasteiger partial charge in [0.25, 0.3) is 0 Å². The molecular formula is C16H27NO3. The lowest BCUT2D eigenvalue weighted by Gasteiger charge is -2.39. The molecule has 0 aliphatic heterocycles. The van der Waals surface area contributed by atoms with Crippen molar-refractivity contribution in [2.24, 2.45) is 16.7 Å². The van der Waals surface area contributed by atoms with Crippen LogP contribution in [0.1, 0.15) is 59.8 Å². The molecule has 0 aromatic rings. The first kappa shape index (κ1) is 15.3. The van der Waals surface area contributed by atoms with E-state index in [2.05, 4.69) is 26.1 Å². The van der Waals surface area contributed by atoms with E-state index in [0.29, 0.717) is 17.9 Å². The fourth-order valence-corrected chi connectivity index (χ4v) is 4.14. The quantitative estimate of drug-likeness (QED) is 0.788. The fourth-order valence-electron chi connectivity index (χ4n) is 4.14. The maximum Gasteiger partial charge on any atom is 0.306 e. The van der Waals surface area contributed by atoms with Crippen molar-refractivity contribution in [1.82, 2.24) is 5.32 Å². The highest BCUT2D eigenvalue weighted by Crippen LogP contribution is 2.65. The van der Waals surface area contributed by atoms with Crippen LogP contribution in [0.4, 0.5) is 0 Å². The number of ether oxygens (including phenoxy) is 1. The Hall–Kier alpha value is -1.06. The summed E-state index contributed by atoms with van der Waals surface area (Å²) in [6.07, 6.45) is 3.95. The highest BCUT2D eigenvalue weighted by atomic mass is 16.5. The standard InChI is InChI=1S/C16H27NO3/c1-5-20-14(19)7-6-13(18)17-12-10-11-8-9-16(12,4)15(11,2)3/h11-12H,5-10H2,1-4H3,(H,17,18). The van der Waals surface area contributed by atoms with Crippen molar-refractivity contribution in [2.45, 2.75) is 65.8 Å². The zero-order valence-electron chi connectivity index (χ0n) is 13.1. The molecule has 0 heterocycles. The first-order valence-electron chi connectivity index (χ1n) is 7.76. The maximum absolute atomic E-state index is 12.0. The average Bonchev–Trinajstić information content (AvgIpc) is 2.70. The highest BCUT2D eigenvalue weighted by Gasteiger charge is 2.61. The Labute approximate surface area is 121 Å². The van der Waals surface area contributed by atoms with Gasteiger partial charge in [0.1, 0.15) is 0 Å². The molecule has 0 radical (unpaired) electrons. The zero-order chi connectivity index (χ0) is 15.0. The van der Waals surface area contributed by atoms with Crippen molar-refractivity contribution >= 4 is 11.9 Å². The van der Waals surface area contributed by atoms with Crippen molar-refractivity contribution in [2.75, 3.05) is 6.61 Å². The molecule has 2 fully saturated rings. The predicted molar refractivity (Wildman–Crippen MR) is 77.0 cm³/mol. The van der Waals surface area contributed by atoms with Gasteiger partial charge >= 0.3 is 5.97 Å². The van der Waals surface area contributed by atoms with E-state index in [1.54, 1.807) is 6.92 Å². The van der Waals surface area contributed by atoms with Gasteiger partial charge in [-0.1, -0.05) is 20.8 Å². The fraction of sp³-hybridized carbons (Fsp3) is 0.875. The minimum Gasteiger partial charge on any atom is -0.466 e. The normalized spacial score (nSPS) is 34.0. The molecule has 1 amide bonds. The highest BCUT2D eigenvalue weighted by molar-refractivity contribution is 5.81. The topological polar surface area (TPSA) is 55.4 Å². The summed E-state index contributed by atoms with van der Waals surface area (Å²) >= 11 is 0. The molecule has 2 bridgehead atoms. The van der Waals surface area contributed by atoms with Crippen molar-refractivity contribution < 1.29 is 14.3 Å². The molecule has 1 N–H and O–H groups in total. The molecule has 2 aliphatic rings. The van der Waals surface area contributed by atoms with Gasteiger partial charge in [0, 0.05) is 12.5 Å². The molecule has 0 saturated heterocycles. The van der Waals surface area contributed by atoms with Crippen LogP contribution in [0.25, 0.3) is 0 Å². The van der Waals surface area contributed by atoms with Crippen molar-refractivity contribution in [3.63, 3.8) is 0 Å². The second-order valence-electron chi connectivity index (χ2n) is 7.04. The van der Waals surface area contributed by atoms with Crippen LogP contribution in [-0.2, 0) is 14.3 Å². The minimum atomic E-state index is -0.290. The van der Waals surface area contributed by atoms with E-state index >= 15 is 0 Å². The van der Waals surface area contributed by atoms with Gasteiger partial charge in [0.05, 0.1) is 13.0 Å². The van der Waals surface area contributed by atoms with E-state index < -0.39 is 0 Å². The second kappa shape index (κ2) is 5.38. The van der Waals surface area contributed by atoms with Crippen LogP contribution in [-0.4, -0.2) is 24.5 Å². The van der Waals surface area contributed by atoms with Crippen molar-refractivity contribution in [1.29, 1.82) is 0 Å². The van der Waals surface area contributed by atoms with E-state index in [1.807, 2.05) is 0 Å². The number of carbonyl (C=O) groups is 2. The lowest BCUT2D eigenvalue weighted by molar-refractivity contribution is -0.144. The van der Waals surface area contributed by atoms with E-state index in [0.717, 1.165) is 6.42 Å². The van der Waals surface area contributed by atoms with Crippen LogP contribution >= 0.6 is 0 Å². The molecular weight excluding hydrogens is 254 g/mol. The third kappa shape index (κ3) is 2.45. The van der Waals surface area contributed by atoms with Gasteiger partial charge in [-0.05, 0) is 42.9 Å². The van der Waals surface area contributed by atoms with Crippen LogP contribution < -0.4 is 5.32 Å². The van der Waals surface area contributed by atoms with Crippen LogP contribution in [0.2, 0.25) is 0 Å². The summed E-state index contributed by atoms with van der Waals surface area (Å²) in [5.41, 5.74) is 0.489. The van der Waals surface area contributed by atoms with Gasteiger partial charge in [-0.15, -0.1) is 0 Å². The van der Waals surface area contributed by atoms with Gasteiger partial charge < -0.3 is 10.1 Å². The summed E-state index contributed by atoms with van der Waals surface area (Å²) in [6, 6.07) is 0.256. The number of fused-ring (bicyclic) bond motifs is 2. The van der Waals surface area contributed by atoms with E-state index in [4.69, 9.17) is 4.74 Å². The van der Waals surface area contributed by atoms with Crippen LogP contribution in [0.5, 0.6) is 0 Å². The van der Waals surface area contributed by atoms with E-state index in [9.17, 15) is 9.59 Å². The number of hydrogen-bond donors (Lipinski definition) is 1. The average molecular weight is 281 g/mol. The van der Waals surface area contributed by atoms with Crippen molar-refractivity contribution in [3.05, 3.63) is 0 Å². The van der Waals surface area contributed by atoms with E-state index in [1.165, 1.54) is 12.8 Å². The Morgan fingerprint density at radius 3 is 2.45 bits per heavy atom.